The highest BCUT2D eigenvalue weighted by molar-refractivity contribution is 5.48. The molecule has 1 atom stereocenters. The molecule has 0 bridgehead atoms. The molecule has 1 aromatic heterocycles. The highest BCUT2D eigenvalue weighted by atomic mass is 16.5. The van der Waals surface area contributed by atoms with Crippen LogP contribution < -0.4 is 10.1 Å². The van der Waals surface area contributed by atoms with Crippen molar-refractivity contribution in [3.05, 3.63) is 11.4 Å². The minimum absolute atomic E-state index is 0.183. The lowest BCUT2D eigenvalue weighted by Gasteiger charge is -2.17. The number of aromatic nitrogens is 2. The Hall–Kier alpha value is -1.32. The number of anilines is 1. The van der Waals surface area contributed by atoms with E-state index in [9.17, 15) is 0 Å². The average molecular weight is 251 g/mol. The Morgan fingerprint density at radius 1 is 1.22 bits per heavy atom. The molecule has 1 heterocycles. The Balaban J connectivity index is 3.00. The number of nitrogens with one attached hydrogen (secondary N) is 1. The van der Waals surface area contributed by atoms with Gasteiger partial charge in [0.2, 0.25) is 5.88 Å². The van der Waals surface area contributed by atoms with E-state index in [1.54, 1.807) is 0 Å². The normalized spacial score (nSPS) is 12.3. The molecule has 0 aliphatic heterocycles. The van der Waals surface area contributed by atoms with Crippen LogP contribution in [0.25, 0.3) is 0 Å². The van der Waals surface area contributed by atoms with Crippen molar-refractivity contribution in [2.45, 2.75) is 60.0 Å². The second kappa shape index (κ2) is 7.19. The van der Waals surface area contributed by atoms with Gasteiger partial charge in [-0.05, 0) is 26.7 Å². The van der Waals surface area contributed by atoms with Gasteiger partial charge in [0.1, 0.15) is 11.6 Å². The second-order valence-corrected chi connectivity index (χ2v) is 4.54. The minimum Gasteiger partial charge on any atom is -0.474 e. The summed E-state index contributed by atoms with van der Waals surface area (Å²) in [6, 6.07) is 0. The summed E-state index contributed by atoms with van der Waals surface area (Å²) in [6.07, 6.45) is 3.05. The molecule has 4 heteroatoms. The summed E-state index contributed by atoms with van der Waals surface area (Å²) in [4.78, 5) is 8.99. The number of nitrogens with zero attached hydrogens (tertiary/aromatic N) is 2. The molecule has 18 heavy (non-hydrogen) atoms. The monoisotopic (exact) mass is 251 g/mol. The Labute approximate surface area is 110 Å². The van der Waals surface area contributed by atoms with Crippen LogP contribution in [0.1, 0.15) is 51.9 Å². The van der Waals surface area contributed by atoms with Gasteiger partial charge in [0.05, 0.1) is 11.7 Å². The van der Waals surface area contributed by atoms with Gasteiger partial charge in [-0.25, -0.2) is 4.98 Å². The molecule has 4 nitrogen and oxygen atoms in total. The molecule has 1 rings (SSSR count). The molecule has 0 radical (unpaired) electrons. The number of rotatable bonds is 7. The molecule has 0 saturated heterocycles. The molecular formula is C14H25N3O. The van der Waals surface area contributed by atoms with Crippen LogP contribution in [-0.2, 0) is 6.42 Å². The number of hydrogen-bond donors (Lipinski definition) is 1. The van der Waals surface area contributed by atoms with Gasteiger partial charge in [0, 0.05) is 13.0 Å². The molecule has 1 aromatic rings. The third-order valence-electron chi connectivity index (χ3n) is 2.89. The van der Waals surface area contributed by atoms with Crippen LogP contribution in [-0.4, -0.2) is 22.6 Å². The van der Waals surface area contributed by atoms with E-state index in [1.807, 2.05) is 6.92 Å². The van der Waals surface area contributed by atoms with Gasteiger partial charge >= 0.3 is 0 Å². The smallest absolute Gasteiger partial charge is 0.222 e. The Bertz CT molecular complexity index is 380. The van der Waals surface area contributed by atoms with Gasteiger partial charge in [-0.1, -0.05) is 20.8 Å². The molecular weight excluding hydrogens is 226 g/mol. The topological polar surface area (TPSA) is 47.0 Å². The number of hydrogen-bond acceptors (Lipinski definition) is 4. The van der Waals surface area contributed by atoms with E-state index in [0.717, 1.165) is 48.9 Å². The van der Waals surface area contributed by atoms with Gasteiger partial charge in [-0.2, -0.15) is 4.98 Å². The summed E-state index contributed by atoms with van der Waals surface area (Å²) in [7, 11) is 0. The SMILES string of the molecule is CCCNc1nc(CC)nc(OC(C)CC)c1C. The van der Waals surface area contributed by atoms with Crippen molar-refractivity contribution in [2.24, 2.45) is 0 Å². The first-order valence-electron chi connectivity index (χ1n) is 6.90. The number of ether oxygens (including phenoxy) is 1. The highest BCUT2D eigenvalue weighted by Crippen LogP contribution is 2.23. The molecule has 1 N–H and O–H groups in total. The van der Waals surface area contributed by atoms with Gasteiger partial charge in [-0.3, -0.25) is 0 Å². The lowest BCUT2D eigenvalue weighted by atomic mass is 10.3. The second-order valence-electron chi connectivity index (χ2n) is 4.54. The summed E-state index contributed by atoms with van der Waals surface area (Å²) in [5.74, 6) is 2.45. The van der Waals surface area contributed by atoms with Crippen molar-refractivity contribution in [1.29, 1.82) is 0 Å². The molecule has 0 saturated carbocycles. The fourth-order valence-electron chi connectivity index (χ4n) is 1.50. The summed E-state index contributed by atoms with van der Waals surface area (Å²) in [6.45, 7) is 11.3. The molecule has 0 amide bonds. The molecule has 102 valence electrons. The lowest BCUT2D eigenvalue weighted by Crippen LogP contribution is -2.15. The highest BCUT2D eigenvalue weighted by Gasteiger charge is 2.13. The molecule has 0 aromatic carbocycles. The summed E-state index contributed by atoms with van der Waals surface area (Å²) < 4.78 is 5.87. The van der Waals surface area contributed by atoms with E-state index in [4.69, 9.17) is 4.74 Å². The zero-order valence-corrected chi connectivity index (χ0v) is 12.2. The predicted octanol–water partition coefficient (Wildman–Crippen LogP) is 3.35. The minimum atomic E-state index is 0.183. The van der Waals surface area contributed by atoms with Crippen LogP contribution in [0.15, 0.2) is 0 Å². The number of aryl methyl sites for hydroxylation is 1. The largest absolute Gasteiger partial charge is 0.474 e. The van der Waals surface area contributed by atoms with E-state index in [-0.39, 0.29) is 6.10 Å². The predicted molar refractivity (Wildman–Crippen MR) is 75.3 cm³/mol. The van der Waals surface area contributed by atoms with E-state index < -0.39 is 0 Å². The zero-order chi connectivity index (χ0) is 13.5. The van der Waals surface area contributed by atoms with E-state index in [0.29, 0.717) is 0 Å². The van der Waals surface area contributed by atoms with Gasteiger partial charge in [0.15, 0.2) is 0 Å². The van der Waals surface area contributed by atoms with Crippen LogP contribution in [0.3, 0.4) is 0 Å². The van der Waals surface area contributed by atoms with Crippen molar-refractivity contribution >= 4 is 5.82 Å². The summed E-state index contributed by atoms with van der Waals surface area (Å²) in [5.41, 5.74) is 1.00. The standard InChI is InChI=1S/C14H25N3O/c1-6-9-15-13-11(5)14(18-10(4)7-2)17-12(8-3)16-13/h10H,6-9H2,1-5H3,(H,15,16,17). The molecule has 0 spiro atoms. The maximum Gasteiger partial charge on any atom is 0.222 e. The van der Waals surface area contributed by atoms with Crippen LogP contribution in [0.5, 0.6) is 5.88 Å². The van der Waals surface area contributed by atoms with Crippen molar-refractivity contribution < 1.29 is 4.74 Å². The van der Waals surface area contributed by atoms with Crippen molar-refractivity contribution in [2.75, 3.05) is 11.9 Å². The van der Waals surface area contributed by atoms with Crippen molar-refractivity contribution in [1.82, 2.24) is 9.97 Å². The summed E-state index contributed by atoms with van der Waals surface area (Å²) in [5, 5.41) is 3.34. The molecule has 0 fully saturated rings. The first-order valence-corrected chi connectivity index (χ1v) is 6.90. The third kappa shape index (κ3) is 3.86. The maximum absolute atomic E-state index is 5.87. The van der Waals surface area contributed by atoms with Gasteiger partial charge in [-0.15, -0.1) is 0 Å². The van der Waals surface area contributed by atoms with Crippen LogP contribution in [0, 0.1) is 6.92 Å². The Morgan fingerprint density at radius 2 is 1.94 bits per heavy atom. The van der Waals surface area contributed by atoms with E-state index in [1.165, 1.54) is 0 Å². The fraction of sp³-hybridized carbons (Fsp3) is 0.714. The summed E-state index contributed by atoms with van der Waals surface area (Å²) >= 11 is 0. The van der Waals surface area contributed by atoms with Crippen molar-refractivity contribution in [3.63, 3.8) is 0 Å². The van der Waals surface area contributed by atoms with E-state index >= 15 is 0 Å². The van der Waals surface area contributed by atoms with Crippen molar-refractivity contribution in [3.8, 4) is 5.88 Å². The van der Waals surface area contributed by atoms with Crippen LogP contribution in [0.4, 0.5) is 5.82 Å². The Morgan fingerprint density at radius 3 is 2.50 bits per heavy atom. The van der Waals surface area contributed by atoms with Crippen LogP contribution in [0.2, 0.25) is 0 Å². The fourth-order valence-corrected chi connectivity index (χ4v) is 1.50. The van der Waals surface area contributed by atoms with Gasteiger partial charge < -0.3 is 10.1 Å². The van der Waals surface area contributed by atoms with Crippen LogP contribution >= 0.6 is 0 Å². The molecule has 0 aliphatic carbocycles. The third-order valence-corrected chi connectivity index (χ3v) is 2.89. The van der Waals surface area contributed by atoms with Gasteiger partial charge in [0.25, 0.3) is 0 Å². The Kier molecular flexibility index (Phi) is 5.89. The molecule has 1 unspecified atom stereocenters. The quantitative estimate of drug-likeness (QED) is 0.807. The first-order chi connectivity index (χ1) is 8.62. The maximum atomic E-state index is 5.87. The average Bonchev–Trinajstić information content (AvgIpc) is 2.39. The first kappa shape index (κ1) is 14.7. The lowest BCUT2D eigenvalue weighted by molar-refractivity contribution is 0.206. The molecule has 0 aliphatic rings. The van der Waals surface area contributed by atoms with E-state index in [2.05, 4.69) is 43.0 Å². The zero-order valence-electron chi connectivity index (χ0n) is 12.2.